The minimum atomic E-state index is -1.07. The maximum Gasteiger partial charge on any atom is 0.303 e. The Balaban J connectivity index is 1.89. The maximum absolute atomic E-state index is 11.8. The Morgan fingerprint density at radius 2 is 1.81 bits per heavy atom. The Kier molecular flexibility index (Phi) is 12.4. The van der Waals surface area contributed by atoms with Crippen LogP contribution in [0.3, 0.4) is 0 Å². The first-order chi connectivity index (χ1) is 27.3. The summed E-state index contributed by atoms with van der Waals surface area (Å²) in [6.45, 7) is 10.7. The molecule has 0 bridgehead atoms. The van der Waals surface area contributed by atoms with Crippen molar-refractivity contribution in [3.8, 4) is 24.0 Å². The summed E-state index contributed by atoms with van der Waals surface area (Å²) in [6.07, 6.45) is 2.64. The Hall–Kier alpha value is -7.04. The van der Waals surface area contributed by atoms with E-state index in [4.69, 9.17) is 9.47 Å². The number of allylic oxidation sites excluding steroid dienone is 5. The summed E-state index contributed by atoms with van der Waals surface area (Å²) in [4.78, 5) is 36.0. The summed E-state index contributed by atoms with van der Waals surface area (Å²) < 4.78 is 12.5. The average Bonchev–Trinajstić information content (AvgIpc) is 3.56. The molecule has 0 aliphatic carbocycles. The molecule has 0 spiro atoms. The number of nitro groups is 1. The number of fused-ring (bicyclic) bond motifs is 2. The molecule has 3 aromatic rings. The number of hydrogen-bond acceptors (Lipinski definition) is 10. The van der Waals surface area contributed by atoms with Gasteiger partial charge < -0.3 is 19.5 Å². The second-order valence-electron chi connectivity index (χ2n) is 14.4. The lowest BCUT2D eigenvalue weighted by molar-refractivity contribution is -0.439. The van der Waals surface area contributed by atoms with Crippen LogP contribution in [0.15, 0.2) is 95.7 Å². The number of carbonyl (C=O) groups excluding carboxylic acids is 1. The highest BCUT2D eigenvalue weighted by Crippen LogP contribution is 2.54. The van der Waals surface area contributed by atoms with Gasteiger partial charge in [-0.2, -0.15) is 20.4 Å². The van der Waals surface area contributed by atoms with E-state index >= 15 is 0 Å². The SMILES string of the molecule is C=CCC1(C)/C(=C(C#N)/C(C#N)=C(\C#N)C2=[N+](CCCOC=O)c3ccc(C)cc3C2(C)Cc2cccc([N+](=O)[O-])c2)N(CCCC(=O)O)c2ccc(OC)cc21. The highest BCUT2D eigenvalue weighted by atomic mass is 16.6. The Bertz CT molecular complexity index is 2380. The number of carboxylic acids is 1. The minimum Gasteiger partial charge on any atom is -0.497 e. The number of rotatable bonds is 17. The number of ether oxygens (including phenoxy) is 2. The lowest BCUT2D eigenvalue weighted by Crippen LogP contribution is -2.37. The molecule has 1 N–H and O–H groups in total. The van der Waals surface area contributed by atoms with Crippen molar-refractivity contribution in [1.29, 1.82) is 15.8 Å². The number of hydrogen-bond donors (Lipinski definition) is 1. The Morgan fingerprint density at radius 3 is 2.44 bits per heavy atom. The number of methoxy groups -OCH3 is 1. The van der Waals surface area contributed by atoms with Gasteiger partial charge in [-0.25, -0.2) is 0 Å². The molecule has 0 saturated heterocycles. The van der Waals surface area contributed by atoms with Gasteiger partial charge in [-0.05, 0) is 75.4 Å². The highest BCUT2D eigenvalue weighted by Gasteiger charge is 2.53. The lowest BCUT2D eigenvalue weighted by atomic mass is 9.71. The highest BCUT2D eigenvalue weighted by molar-refractivity contribution is 6.12. The smallest absolute Gasteiger partial charge is 0.303 e. The van der Waals surface area contributed by atoms with Crippen molar-refractivity contribution < 1.29 is 33.7 Å². The summed E-state index contributed by atoms with van der Waals surface area (Å²) in [5.74, 6) is -0.425. The zero-order chi connectivity index (χ0) is 41.5. The van der Waals surface area contributed by atoms with Gasteiger partial charge in [0.05, 0.1) is 35.2 Å². The summed E-state index contributed by atoms with van der Waals surface area (Å²) in [5, 5.41) is 55.1. The van der Waals surface area contributed by atoms with E-state index < -0.39 is 21.7 Å². The summed E-state index contributed by atoms with van der Waals surface area (Å²) >= 11 is 0. The van der Waals surface area contributed by atoms with E-state index in [9.17, 15) is 40.6 Å². The van der Waals surface area contributed by atoms with Crippen molar-refractivity contribution in [2.45, 2.75) is 63.7 Å². The molecule has 2 atom stereocenters. The van der Waals surface area contributed by atoms with Gasteiger partial charge in [0.1, 0.15) is 29.5 Å². The van der Waals surface area contributed by atoms with Crippen molar-refractivity contribution >= 4 is 35.2 Å². The van der Waals surface area contributed by atoms with E-state index in [0.717, 1.165) is 22.4 Å². The van der Waals surface area contributed by atoms with Gasteiger partial charge in [0.25, 0.3) is 12.2 Å². The zero-order valence-corrected chi connectivity index (χ0v) is 32.4. The third-order valence-corrected chi connectivity index (χ3v) is 10.7. The number of carboxylic acid groups (broad SMARTS) is 1. The molecule has 0 saturated carbocycles. The molecule has 0 fully saturated rings. The van der Waals surface area contributed by atoms with Crippen LogP contribution in [-0.4, -0.2) is 59.6 Å². The maximum atomic E-state index is 11.8. The Morgan fingerprint density at radius 1 is 1.04 bits per heavy atom. The molecule has 2 heterocycles. The molecule has 290 valence electrons. The van der Waals surface area contributed by atoms with Crippen molar-refractivity contribution in [2.75, 3.05) is 31.7 Å². The van der Waals surface area contributed by atoms with E-state index in [1.54, 1.807) is 31.4 Å². The summed E-state index contributed by atoms with van der Waals surface area (Å²) in [5.41, 5.74) is 2.92. The van der Waals surface area contributed by atoms with Gasteiger partial charge in [-0.3, -0.25) is 19.7 Å². The largest absolute Gasteiger partial charge is 0.497 e. The van der Waals surface area contributed by atoms with E-state index in [1.165, 1.54) is 12.1 Å². The van der Waals surface area contributed by atoms with E-state index in [2.05, 4.69) is 24.8 Å². The monoisotopic (exact) mass is 767 g/mol. The van der Waals surface area contributed by atoms with Crippen LogP contribution < -0.4 is 9.64 Å². The number of anilines is 1. The number of nitrogens with zero attached hydrogens (tertiary/aromatic N) is 6. The normalized spacial score (nSPS) is 19.3. The average molecular weight is 768 g/mol. The molecule has 2 unspecified atom stereocenters. The van der Waals surface area contributed by atoms with Gasteiger partial charge in [-0.1, -0.05) is 29.8 Å². The van der Waals surface area contributed by atoms with E-state index in [1.807, 2.05) is 60.6 Å². The first kappa shape index (κ1) is 41.1. The van der Waals surface area contributed by atoms with Crippen LogP contribution in [0.1, 0.15) is 61.8 Å². The molecule has 0 aromatic heterocycles. The fourth-order valence-electron chi connectivity index (χ4n) is 8.32. The number of nitriles is 3. The van der Waals surface area contributed by atoms with E-state index in [-0.39, 0.29) is 61.4 Å². The third kappa shape index (κ3) is 7.76. The number of nitro benzene ring substituents is 1. The number of carbonyl (C=O) groups is 2. The van der Waals surface area contributed by atoms with Gasteiger partial charge >= 0.3 is 5.97 Å². The van der Waals surface area contributed by atoms with Gasteiger partial charge in [0.15, 0.2) is 6.54 Å². The Labute approximate surface area is 331 Å². The van der Waals surface area contributed by atoms with E-state index in [0.29, 0.717) is 47.7 Å². The quantitative estimate of drug-likeness (QED) is 0.0273. The van der Waals surface area contributed by atoms with Crippen LogP contribution >= 0.6 is 0 Å². The zero-order valence-electron chi connectivity index (χ0n) is 32.4. The van der Waals surface area contributed by atoms with Crippen LogP contribution in [0, 0.1) is 51.0 Å². The second kappa shape index (κ2) is 17.2. The van der Waals surface area contributed by atoms with Crippen LogP contribution in [0.2, 0.25) is 0 Å². The molecule has 13 heteroatoms. The first-order valence-corrected chi connectivity index (χ1v) is 18.4. The topological polar surface area (TPSA) is 194 Å². The van der Waals surface area contributed by atoms with Gasteiger partial charge in [-0.15, -0.1) is 6.58 Å². The fourth-order valence-corrected chi connectivity index (χ4v) is 8.32. The van der Waals surface area contributed by atoms with Crippen LogP contribution in [0.25, 0.3) is 0 Å². The van der Waals surface area contributed by atoms with Crippen LogP contribution in [0.4, 0.5) is 17.1 Å². The number of aryl methyl sites for hydroxylation is 1. The van der Waals surface area contributed by atoms with Crippen molar-refractivity contribution in [1.82, 2.24) is 0 Å². The predicted octanol–water partition coefficient (Wildman–Crippen LogP) is 7.41. The predicted molar refractivity (Wildman–Crippen MR) is 212 cm³/mol. The second-order valence-corrected chi connectivity index (χ2v) is 14.4. The first-order valence-electron chi connectivity index (χ1n) is 18.4. The van der Waals surface area contributed by atoms with Crippen molar-refractivity contribution in [2.24, 2.45) is 0 Å². The fraction of sp³-hybridized carbons (Fsp3) is 0.318. The molecular formula is C44H43N6O7+. The molecule has 0 radical (unpaired) electrons. The van der Waals surface area contributed by atoms with Crippen molar-refractivity contribution in [3.63, 3.8) is 0 Å². The minimum absolute atomic E-state index is 0.0644. The summed E-state index contributed by atoms with van der Waals surface area (Å²) in [7, 11) is 1.54. The molecule has 2 aliphatic heterocycles. The molecule has 5 rings (SSSR count). The number of benzene rings is 3. The number of non-ortho nitro benzene ring substituents is 1. The van der Waals surface area contributed by atoms with Gasteiger partial charge in [0, 0.05) is 59.9 Å². The molecule has 13 nitrogen and oxygen atoms in total. The van der Waals surface area contributed by atoms with Crippen LogP contribution in [0.5, 0.6) is 5.75 Å². The lowest BCUT2D eigenvalue weighted by Gasteiger charge is -2.31. The van der Waals surface area contributed by atoms with Crippen LogP contribution in [-0.2, 0) is 31.6 Å². The standard InChI is InChI=1S/C44H42N6O7/c1-6-17-43(3)37-23-32(56-5)14-16-39(37)48(18-8-12-40(52)53)41(43)34(26-46)33(25-45)35(27-47)42-44(4,24-30-10-7-11-31(22-30)50(54)55)36-21-29(2)13-15-38(36)49(42)19-9-20-57-28-51/h6-7,10-11,13-16,21-23,28H,1,8-9,12,17-20,24H2,2-5H3/p+1. The molecule has 57 heavy (non-hydrogen) atoms. The molecule has 0 amide bonds. The number of aliphatic carboxylic acids is 1. The van der Waals surface area contributed by atoms with Gasteiger partial charge in [0.2, 0.25) is 11.4 Å². The van der Waals surface area contributed by atoms with Crippen molar-refractivity contribution in [3.05, 3.63) is 128 Å². The molecule has 2 aliphatic rings. The third-order valence-electron chi connectivity index (χ3n) is 10.7. The molecule has 3 aromatic carbocycles. The summed E-state index contributed by atoms with van der Waals surface area (Å²) in [6, 6.07) is 24.4. The molecular weight excluding hydrogens is 725 g/mol.